The van der Waals surface area contributed by atoms with Gasteiger partial charge in [0.15, 0.2) is 6.04 Å². The van der Waals surface area contributed by atoms with Crippen LogP contribution in [0.1, 0.15) is 34.6 Å². The molecule has 1 atom stereocenters. The largest absolute Gasteiger partial charge is 0.378 e. The van der Waals surface area contributed by atoms with Crippen LogP contribution in [0.2, 0.25) is 0 Å². The standard InChI is InChI=1S/C25H28N6/c1-29(2)22-17-15-21(16-18-22)24(30(3)4)25-26-27-28-31(25)23(19-11-7-5-8-12-19)20-13-9-6-10-14-20/h5-18,23-24H,1-4H3/p+1/t24-/m1/s1. The van der Waals surface area contributed by atoms with Crippen LogP contribution >= 0.6 is 0 Å². The van der Waals surface area contributed by atoms with Gasteiger partial charge in [0.2, 0.25) is 5.82 Å². The fourth-order valence-electron chi connectivity index (χ4n) is 4.03. The highest BCUT2D eigenvalue weighted by Crippen LogP contribution is 2.29. The Labute approximate surface area is 183 Å². The first-order valence-electron chi connectivity index (χ1n) is 10.5. The Balaban J connectivity index is 1.82. The third-order valence-electron chi connectivity index (χ3n) is 5.57. The van der Waals surface area contributed by atoms with E-state index in [0.29, 0.717) is 0 Å². The van der Waals surface area contributed by atoms with E-state index in [1.54, 1.807) is 0 Å². The van der Waals surface area contributed by atoms with E-state index in [4.69, 9.17) is 0 Å². The maximum Gasteiger partial charge on any atom is 0.215 e. The first-order valence-corrected chi connectivity index (χ1v) is 10.5. The number of quaternary nitrogens is 1. The lowest BCUT2D eigenvalue weighted by Gasteiger charge is -2.25. The third kappa shape index (κ3) is 4.34. The van der Waals surface area contributed by atoms with Gasteiger partial charge in [0.25, 0.3) is 0 Å². The van der Waals surface area contributed by atoms with Gasteiger partial charge in [-0.1, -0.05) is 72.8 Å². The molecule has 0 aliphatic rings. The van der Waals surface area contributed by atoms with Crippen molar-refractivity contribution >= 4 is 5.69 Å². The second kappa shape index (κ2) is 9.10. The number of rotatable bonds is 7. The summed E-state index contributed by atoms with van der Waals surface area (Å²) >= 11 is 0. The van der Waals surface area contributed by atoms with E-state index >= 15 is 0 Å². The first kappa shape index (κ1) is 20.8. The van der Waals surface area contributed by atoms with Crippen molar-refractivity contribution in [3.05, 3.63) is 107 Å². The van der Waals surface area contributed by atoms with Crippen LogP contribution in [0.3, 0.4) is 0 Å². The molecule has 6 heteroatoms. The van der Waals surface area contributed by atoms with Crippen molar-refractivity contribution in [3.8, 4) is 0 Å². The summed E-state index contributed by atoms with van der Waals surface area (Å²) in [7, 11) is 8.39. The smallest absolute Gasteiger partial charge is 0.215 e. The second-order valence-corrected chi connectivity index (χ2v) is 8.20. The number of hydrogen-bond acceptors (Lipinski definition) is 4. The van der Waals surface area contributed by atoms with Gasteiger partial charge in [-0.15, -0.1) is 5.10 Å². The van der Waals surface area contributed by atoms with Crippen molar-refractivity contribution in [2.45, 2.75) is 12.1 Å². The molecular formula is C25H29N6+. The Morgan fingerprint density at radius 1 is 0.742 bits per heavy atom. The SMILES string of the molecule is CN(C)c1ccc([C@H](c2nnnn2C(c2ccccc2)c2ccccc2)[NH+](C)C)cc1. The van der Waals surface area contributed by atoms with Crippen LogP contribution in [0.4, 0.5) is 5.69 Å². The van der Waals surface area contributed by atoms with E-state index in [0.717, 1.165) is 17.0 Å². The average molecular weight is 414 g/mol. The molecule has 0 fully saturated rings. The predicted molar refractivity (Wildman–Crippen MR) is 123 cm³/mol. The topological polar surface area (TPSA) is 51.3 Å². The molecule has 0 spiro atoms. The lowest BCUT2D eigenvalue weighted by Crippen LogP contribution is -3.06. The zero-order valence-electron chi connectivity index (χ0n) is 18.5. The highest BCUT2D eigenvalue weighted by Gasteiger charge is 2.31. The Hall–Kier alpha value is -3.51. The molecule has 0 saturated heterocycles. The number of hydrogen-bond donors (Lipinski definition) is 1. The Morgan fingerprint density at radius 2 is 1.29 bits per heavy atom. The van der Waals surface area contributed by atoms with E-state index in [1.165, 1.54) is 16.2 Å². The predicted octanol–water partition coefficient (Wildman–Crippen LogP) is 2.61. The molecule has 0 aliphatic heterocycles. The summed E-state index contributed by atoms with van der Waals surface area (Å²) in [5.74, 6) is 0.843. The van der Waals surface area contributed by atoms with Crippen LogP contribution in [0, 0.1) is 0 Å². The molecule has 0 aliphatic carbocycles. The molecule has 3 aromatic carbocycles. The number of anilines is 1. The minimum Gasteiger partial charge on any atom is -0.378 e. The minimum atomic E-state index is -0.102. The van der Waals surface area contributed by atoms with Crippen LogP contribution in [0.5, 0.6) is 0 Å². The normalized spacial score (nSPS) is 12.3. The van der Waals surface area contributed by atoms with Crippen LogP contribution in [0.25, 0.3) is 0 Å². The number of benzene rings is 3. The number of nitrogens with one attached hydrogen (secondary N) is 1. The zero-order chi connectivity index (χ0) is 21.8. The molecule has 0 unspecified atom stereocenters. The lowest BCUT2D eigenvalue weighted by atomic mass is 9.97. The Kier molecular flexibility index (Phi) is 6.09. The number of tetrazole rings is 1. The molecule has 4 aromatic rings. The average Bonchev–Trinajstić information content (AvgIpc) is 3.24. The van der Waals surface area contributed by atoms with Gasteiger partial charge in [0.1, 0.15) is 6.04 Å². The quantitative estimate of drug-likeness (QED) is 0.506. The van der Waals surface area contributed by atoms with Gasteiger partial charge < -0.3 is 9.80 Å². The van der Waals surface area contributed by atoms with Gasteiger partial charge in [-0.2, -0.15) is 0 Å². The van der Waals surface area contributed by atoms with Gasteiger partial charge in [-0.25, -0.2) is 4.68 Å². The van der Waals surface area contributed by atoms with Crippen molar-refractivity contribution < 1.29 is 4.90 Å². The molecular weight excluding hydrogens is 384 g/mol. The summed E-state index contributed by atoms with van der Waals surface area (Å²) in [4.78, 5) is 3.35. The summed E-state index contributed by atoms with van der Waals surface area (Å²) in [6, 6.07) is 29.4. The Bertz CT molecular complexity index is 1050. The maximum absolute atomic E-state index is 4.51. The molecule has 1 N–H and O–H groups in total. The fourth-order valence-corrected chi connectivity index (χ4v) is 4.03. The molecule has 4 rings (SSSR count). The van der Waals surface area contributed by atoms with Gasteiger partial charge >= 0.3 is 0 Å². The van der Waals surface area contributed by atoms with Gasteiger partial charge in [-0.3, -0.25) is 0 Å². The van der Waals surface area contributed by atoms with Crippen molar-refractivity contribution in [3.63, 3.8) is 0 Å². The zero-order valence-corrected chi connectivity index (χ0v) is 18.5. The molecule has 0 bridgehead atoms. The lowest BCUT2D eigenvalue weighted by molar-refractivity contribution is -0.886. The van der Waals surface area contributed by atoms with Crippen molar-refractivity contribution in [2.24, 2.45) is 0 Å². The molecule has 0 amide bonds. The summed E-state index contributed by atoms with van der Waals surface area (Å²) < 4.78 is 1.97. The first-order chi connectivity index (χ1) is 15.1. The maximum atomic E-state index is 4.51. The van der Waals surface area contributed by atoms with E-state index in [-0.39, 0.29) is 12.1 Å². The molecule has 6 nitrogen and oxygen atoms in total. The van der Waals surface area contributed by atoms with Crippen LogP contribution in [0.15, 0.2) is 84.9 Å². The molecule has 158 valence electrons. The summed E-state index contributed by atoms with van der Waals surface area (Å²) in [5.41, 5.74) is 4.65. The van der Waals surface area contributed by atoms with Crippen LogP contribution < -0.4 is 9.80 Å². The Morgan fingerprint density at radius 3 is 1.77 bits per heavy atom. The summed E-state index contributed by atoms with van der Waals surface area (Å²) in [6.07, 6.45) is 0. The highest BCUT2D eigenvalue weighted by atomic mass is 15.6. The minimum absolute atomic E-state index is 0.00105. The third-order valence-corrected chi connectivity index (χ3v) is 5.57. The fraction of sp³-hybridized carbons (Fsp3) is 0.240. The van der Waals surface area contributed by atoms with Crippen molar-refractivity contribution in [2.75, 3.05) is 33.1 Å². The van der Waals surface area contributed by atoms with E-state index in [2.05, 4.69) is 121 Å². The second-order valence-electron chi connectivity index (χ2n) is 8.20. The van der Waals surface area contributed by atoms with Crippen LogP contribution in [-0.2, 0) is 0 Å². The summed E-state index contributed by atoms with van der Waals surface area (Å²) in [6.45, 7) is 0. The number of nitrogens with zero attached hydrogens (tertiary/aromatic N) is 5. The van der Waals surface area contributed by atoms with E-state index in [9.17, 15) is 0 Å². The van der Waals surface area contributed by atoms with Crippen molar-refractivity contribution in [1.29, 1.82) is 0 Å². The number of aromatic nitrogens is 4. The summed E-state index contributed by atoms with van der Waals surface area (Å²) in [5, 5.41) is 13.1. The molecule has 0 saturated carbocycles. The van der Waals surface area contributed by atoms with Gasteiger partial charge in [0, 0.05) is 25.3 Å². The highest BCUT2D eigenvalue weighted by molar-refractivity contribution is 5.47. The van der Waals surface area contributed by atoms with Gasteiger partial charge in [-0.05, 0) is 33.7 Å². The van der Waals surface area contributed by atoms with Crippen LogP contribution in [-0.4, -0.2) is 48.4 Å². The van der Waals surface area contributed by atoms with Crippen molar-refractivity contribution in [1.82, 2.24) is 20.2 Å². The van der Waals surface area contributed by atoms with E-state index in [1.807, 2.05) is 16.8 Å². The molecule has 1 heterocycles. The molecule has 31 heavy (non-hydrogen) atoms. The van der Waals surface area contributed by atoms with Gasteiger partial charge in [0.05, 0.1) is 14.1 Å². The monoisotopic (exact) mass is 413 g/mol. The molecule has 1 aromatic heterocycles. The van der Waals surface area contributed by atoms with E-state index < -0.39 is 0 Å². The molecule has 0 radical (unpaired) electrons.